The van der Waals surface area contributed by atoms with E-state index in [4.69, 9.17) is 15.2 Å². The van der Waals surface area contributed by atoms with Gasteiger partial charge in [0.2, 0.25) is 0 Å². The van der Waals surface area contributed by atoms with Crippen molar-refractivity contribution in [2.24, 2.45) is 10.7 Å². The van der Waals surface area contributed by atoms with Crippen molar-refractivity contribution in [3.8, 4) is 5.75 Å². The molecule has 0 bridgehead atoms. The van der Waals surface area contributed by atoms with Crippen molar-refractivity contribution in [1.82, 2.24) is 4.98 Å². The summed E-state index contributed by atoms with van der Waals surface area (Å²) in [7, 11) is 0. The van der Waals surface area contributed by atoms with E-state index in [0.29, 0.717) is 0 Å². The molecular formula is C21H21F5N4O3. The van der Waals surface area contributed by atoms with Crippen molar-refractivity contribution >= 4 is 17.6 Å². The Kier molecular flexibility index (Phi) is 6.22. The van der Waals surface area contributed by atoms with Crippen LogP contribution in [0.3, 0.4) is 0 Å². The summed E-state index contributed by atoms with van der Waals surface area (Å²) in [4.78, 5) is 20.0. The third-order valence-electron chi connectivity index (χ3n) is 5.15. The van der Waals surface area contributed by atoms with Crippen LogP contribution >= 0.6 is 0 Å². The lowest BCUT2D eigenvalue weighted by molar-refractivity contribution is -0.207. The highest BCUT2D eigenvalue weighted by atomic mass is 19.3. The molecule has 1 atom stereocenters. The average Bonchev–Trinajstić information content (AvgIpc) is 2.72. The van der Waals surface area contributed by atoms with E-state index < -0.39 is 53.4 Å². The van der Waals surface area contributed by atoms with Gasteiger partial charge in [0.25, 0.3) is 18.4 Å². The predicted molar refractivity (Wildman–Crippen MR) is 109 cm³/mol. The Morgan fingerprint density at radius 1 is 1.21 bits per heavy atom. The first-order valence-corrected chi connectivity index (χ1v) is 9.67. The molecule has 3 rings (SSSR count). The summed E-state index contributed by atoms with van der Waals surface area (Å²) in [5.74, 6) is -5.38. The number of anilines is 1. The maximum Gasteiger partial charge on any atom is 0.315 e. The fourth-order valence-corrected chi connectivity index (χ4v) is 3.38. The van der Waals surface area contributed by atoms with Gasteiger partial charge in [-0.3, -0.25) is 4.79 Å². The van der Waals surface area contributed by atoms with Gasteiger partial charge in [-0.05, 0) is 51.1 Å². The first-order chi connectivity index (χ1) is 15.3. The second-order valence-corrected chi connectivity index (χ2v) is 7.94. The zero-order valence-corrected chi connectivity index (χ0v) is 17.8. The Labute approximate surface area is 185 Å². The lowest BCUT2D eigenvalue weighted by Gasteiger charge is -2.46. The fraction of sp³-hybridized carbons (Fsp3) is 0.381. The van der Waals surface area contributed by atoms with Gasteiger partial charge in [0.1, 0.15) is 23.9 Å². The van der Waals surface area contributed by atoms with Crippen LogP contribution in [-0.2, 0) is 10.3 Å². The molecule has 1 aliphatic rings. The fourth-order valence-electron chi connectivity index (χ4n) is 3.38. The minimum Gasteiger partial charge on any atom is -0.486 e. The van der Waals surface area contributed by atoms with E-state index in [1.54, 1.807) is 0 Å². The number of benzene rings is 1. The lowest BCUT2D eigenvalue weighted by Crippen LogP contribution is -2.62. The molecule has 0 saturated carbocycles. The van der Waals surface area contributed by atoms with Gasteiger partial charge in [-0.25, -0.2) is 23.1 Å². The molecule has 0 radical (unpaired) electrons. The van der Waals surface area contributed by atoms with E-state index in [2.05, 4.69) is 15.3 Å². The van der Waals surface area contributed by atoms with Crippen LogP contribution in [0.25, 0.3) is 0 Å². The zero-order chi connectivity index (χ0) is 24.6. The number of amides is 1. The van der Waals surface area contributed by atoms with Crippen molar-refractivity contribution in [2.75, 3.05) is 11.9 Å². The summed E-state index contributed by atoms with van der Waals surface area (Å²) in [5, 5.41) is 2.43. The largest absolute Gasteiger partial charge is 0.486 e. The summed E-state index contributed by atoms with van der Waals surface area (Å²) in [6.07, 6.45) is -1.59. The summed E-state index contributed by atoms with van der Waals surface area (Å²) in [5.41, 5.74) is 0.442. The minimum absolute atomic E-state index is 0.00804. The van der Waals surface area contributed by atoms with Crippen molar-refractivity contribution in [3.05, 3.63) is 53.6 Å². The van der Waals surface area contributed by atoms with Crippen molar-refractivity contribution in [1.29, 1.82) is 0 Å². The molecule has 2 aromatic rings. The third-order valence-corrected chi connectivity index (χ3v) is 5.15. The molecule has 0 saturated heterocycles. The number of pyridine rings is 1. The van der Waals surface area contributed by atoms with Crippen LogP contribution in [0, 0.1) is 5.82 Å². The topological polar surface area (TPSA) is 98.8 Å². The number of halogens is 5. The number of hydrogen-bond donors (Lipinski definition) is 2. The summed E-state index contributed by atoms with van der Waals surface area (Å²) < 4.78 is 79.4. The van der Waals surface area contributed by atoms with Gasteiger partial charge in [-0.2, -0.15) is 8.78 Å². The number of alkyl halides is 4. The standard InChI is InChI=1S/C21H21F5N4O3/c1-19(2)21(25,26)20(3,30-18(27)33-19)13-8-11(4-6-14(13)22)29-17(31)15-7-5-12(9-28-15)32-10-16(23)24/h4-9,16H,10H2,1-3H3,(H2,27,30)(H,29,31). The molecule has 1 aliphatic heterocycles. The number of carbonyl (C=O) groups is 1. The van der Waals surface area contributed by atoms with E-state index in [9.17, 15) is 18.0 Å². The molecule has 33 heavy (non-hydrogen) atoms. The van der Waals surface area contributed by atoms with E-state index in [1.807, 2.05) is 0 Å². The Balaban J connectivity index is 1.88. The molecule has 1 unspecified atom stereocenters. The lowest BCUT2D eigenvalue weighted by atomic mass is 9.77. The molecule has 1 amide bonds. The van der Waals surface area contributed by atoms with Gasteiger partial charge < -0.3 is 20.5 Å². The highest BCUT2D eigenvalue weighted by Gasteiger charge is 2.66. The van der Waals surface area contributed by atoms with Gasteiger partial charge in [0.15, 0.2) is 11.1 Å². The molecule has 12 heteroatoms. The Hall–Kier alpha value is -3.44. The number of nitrogens with zero attached hydrogens (tertiary/aromatic N) is 2. The summed E-state index contributed by atoms with van der Waals surface area (Å²) in [6, 6.07) is 5.08. The quantitative estimate of drug-likeness (QED) is 0.617. The maximum absolute atomic E-state index is 15.3. The molecule has 7 nitrogen and oxygen atoms in total. The normalized spacial score (nSPS) is 21.2. The zero-order valence-electron chi connectivity index (χ0n) is 17.8. The molecule has 3 N–H and O–H groups in total. The van der Waals surface area contributed by atoms with Crippen LogP contribution < -0.4 is 15.8 Å². The Morgan fingerprint density at radius 2 is 1.91 bits per heavy atom. The van der Waals surface area contributed by atoms with Crippen LogP contribution in [0.1, 0.15) is 36.8 Å². The number of ether oxygens (including phenoxy) is 2. The monoisotopic (exact) mass is 472 g/mol. The first kappa shape index (κ1) is 24.2. The molecule has 0 fully saturated rings. The molecule has 2 heterocycles. The van der Waals surface area contributed by atoms with Gasteiger partial charge in [-0.15, -0.1) is 0 Å². The number of rotatable bonds is 6. The number of nitrogens with two attached hydrogens (primary N) is 1. The van der Waals surface area contributed by atoms with Gasteiger partial charge >= 0.3 is 5.92 Å². The molecule has 1 aromatic carbocycles. The average molecular weight is 472 g/mol. The van der Waals surface area contributed by atoms with Crippen LogP contribution in [0.2, 0.25) is 0 Å². The second kappa shape index (κ2) is 8.49. The predicted octanol–water partition coefficient (Wildman–Crippen LogP) is 4.09. The van der Waals surface area contributed by atoms with Crippen LogP contribution in [-0.4, -0.2) is 41.5 Å². The number of aromatic nitrogens is 1. The maximum atomic E-state index is 15.3. The number of hydrogen-bond acceptors (Lipinski definition) is 6. The number of nitrogens with one attached hydrogen (secondary N) is 1. The van der Waals surface area contributed by atoms with E-state index in [0.717, 1.165) is 39.1 Å². The van der Waals surface area contributed by atoms with Gasteiger partial charge in [0, 0.05) is 11.3 Å². The minimum atomic E-state index is -3.68. The number of amidine groups is 1. The van der Waals surface area contributed by atoms with E-state index in [1.165, 1.54) is 18.2 Å². The molecule has 178 valence electrons. The molecule has 1 aromatic heterocycles. The Bertz CT molecular complexity index is 1080. The molecule has 0 aliphatic carbocycles. The van der Waals surface area contributed by atoms with Crippen LogP contribution in [0.4, 0.5) is 27.6 Å². The smallest absolute Gasteiger partial charge is 0.315 e. The Morgan fingerprint density at radius 3 is 2.52 bits per heavy atom. The molecule has 0 spiro atoms. The number of carbonyl (C=O) groups excluding carboxylic acids is 1. The SMILES string of the molecule is CC1(C)OC(N)=NC(C)(c2cc(NC(=O)c3ccc(OCC(F)F)cn3)ccc2F)C1(F)F. The van der Waals surface area contributed by atoms with E-state index in [-0.39, 0.29) is 17.1 Å². The van der Waals surface area contributed by atoms with Crippen LogP contribution in [0.15, 0.2) is 41.5 Å². The second-order valence-electron chi connectivity index (χ2n) is 7.94. The highest BCUT2D eigenvalue weighted by molar-refractivity contribution is 6.02. The molecular weight excluding hydrogens is 451 g/mol. The first-order valence-electron chi connectivity index (χ1n) is 9.67. The van der Waals surface area contributed by atoms with E-state index >= 15 is 8.78 Å². The third kappa shape index (κ3) is 4.55. The van der Waals surface area contributed by atoms with Crippen LogP contribution in [0.5, 0.6) is 5.75 Å². The van der Waals surface area contributed by atoms with Crippen molar-refractivity contribution in [2.45, 2.75) is 44.3 Å². The van der Waals surface area contributed by atoms with Crippen molar-refractivity contribution < 1.29 is 36.2 Å². The number of aliphatic imine (C=N–C) groups is 1. The van der Waals surface area contributed by atoms with Crippen molar-refractivity contribution in [3.63, 3.8) is 0 Å². The van der Waals surface area contributed by atoms with Gasteiger partial charge in [-0.1, -0.05) is 0 Å². The highest BCUT2D eigenvalue weighted by Crippen LogP contribution is 2.51. The summed E-state index contributed by atoms with van der Waals surface area (Å²) in [6.45, 7) is 2.41. The summed E-state index contributed by atoms with van der Waals surface area (Å²) >= 11 is 0. The van der Waals surface area contributed by atoms with Gasteiger partial charge in [0.05, 0.1) is 6.20 Å².